The van der Waals surface area contributed by atoms with Gasteiger partial charge < -0.3 is 4.57 Å². The van der Waals surface area contributed by atoms with E-state index < -0.39 is 0 Å². The highest BCUT2D eigenvalue weighted by atomic mass is 35.5. The van der Waals surface area contributed by atoms with Crippen molar-refractivity contribution in [3.63, 3.8) is 0 Å². The van der Waals surface area contributed by atoms with Crippen molar-refractivity contribution in [2.24, 2.45) is 14.1 Å². The molecule has 0 aliphatic rings. The van der Waals surface area contributed by atoms with Gasteiger partial charge in [-0.1, -0.05) is 11.6 Å². The fourth-order valence-electron chi connectivity index (χ4n) is 2.06. The van der Waals surface area contributed by atoms with Crippen LogP contribution in [0.2, 0.25) is 5.02 Å². The Morgan fingerprint density at radius 3 is 2.71 bits per heavy atom. The Kier molecular flexibility index (Phi) is 2.23. The lowest BCUT2D eigenvalue weighted by atomic mass is 10.1. The molecule has 0 amide bonds. The molecule has 0 saturated carbocycles. The Hall–Kier alpha value is -1.74. The molecule has 0 fully saturated rings. The van der Waals surface area contributed by atoms with Crippen LogP contribution in [0.25, 0.3) is 22.0 Å². The van der Waals surface area contributed by atoms with Crippen LogP contribution >= 0.6 is 11.6 Å². The Morgan fingerprint density at radius 2 is 2.00 bits per heavy atom. The van der Waals surface area contributed by atoms with E-state index in [1.807, 2.05) is 44.8 Å². The number of aryl methyl sites for hydroxylation is 2. The first-order valence-corrected chi connectivity index (χ1v) is 5.76. The van der Waals surface area contributed by atoms with Crippen molar-refractivity contribution in [2.45, 2.75) is 0 Å². The predicted octanol–water partition coefficient (Wildman–Crippen LogP) is 3.23. The summed E-state index contributed by atoms with van der Waals surface area (Å²) in [6.45, 7) is 0. The molecule has 1 aromatic carbocycles. The number of fused-ring (bicyclic) bond motifs is 1. The van der Waals surface area contributed by atoms with Crippen LogP contribution in [0, 0.1) is 0 Å². The van der Waals surface area contributed by atoms with Crippen LogP contribution in [0.1, 0.15) is 0 Å². The molecule has 0 atom stereocenters. The van der Waals surface area contributed by atoms with Crippen molar-refractivity contribution in [3.05, 3.63) is 41.8 Å². The van der Waals surface area contributed by atoms with Gasteiger partial charge in [-0.15, -0.1) is 0 Å². The summed E-state index contributed by atoms with van der Waals surface area (Å²) >= 11 is 6.29. The normalized spacial score (nSPS) is 11.2. The van der Waals surface area contributed by atoms with E-state index in [0.717, 1.165) is 27.1 Å². The van der Waals surface area contributed by atoms with Gasteiger partial charge >= 0.3 is 0 Å². The molecule has 0 saturated heterocycles. The van der Waals surface area contributed by atoms with Crippen LogP contribution in [0.3, 0.4) is 0 Å². The van der Waals surface area contributed by atoms with Gasteiger partial charge in [0.15, 0.2) is 0 Å². The van der Waals surface area contributed by atoms with E-state index in [-0.39, 0.29) is 0 Å². The topological polar surface area (TPSA) is 22.8 Å². The highest BCUT2D eigenvalue weighted by Gasteiger charge is 2.07. The number of halogens is 1. The minimum absolute atomic E-state index is 0.780. The molecule has 0 N–H and O–H groups in total. The average Bonchev–Trinajstić information content (AvgIpc) is 2.87. The third kappa shape index (κ3) is 1.63. The van der Waals surface area contributed by atoms with Gasteiger partial charge in [0, 0.05) is 43.0 Å². The number of nitrogens with zero attached hydrogens (tertiary/aromatic N) is 3. The second-order valence-corrected chi connectivity index (χ2v) is 4.63. The Labute approximate surface area is 104 Å². The van der Waals surface area contributed by atoms with E-state index in [1.54, 1.807) is 4.68 Å². The Morgan fingerprint density at radius 1 is 1.18 bits per heavy atom. The second kappa shape index (κ2) is 3.64. The molecule has 0 unspecified atom stereocenters. The van der Waals surface area contributed by atoms with E-state index in [2.05, 4.69) is 15.7 Å². The number of aromatic nitrogens is 3. The van der Waals surface area contributed by atoms with Crippen LogP contribution in [-0.4, -0.2) is 14.3 Å². The lowest BCUT2D eigenvalue weighted by Gasteiger charge is -2.03. The summed E-state index contributed by atoms with van der Waals surface area (Å²) in [5.41, 5.74) is 3.31. The molecule has 4 heteroatoms. The van der Waals surface area contributed by atoms with E-state index in [1.165, 1.54) is 0 Å². The summed E-state index contributed by atoms with van der Waals surface area (Å²) < 4.78 is 3.86. The van der Waals surface area contributed by atoms with Gasteiger partial charge in [-0.2, -0.15) is 5.10 Å². The number of benzene rings is 1. The summed E-state index contributed by atoms with van der Waals surface area (Å²) in [7, 11) is 3.93. The molecule has 2 heterocycles. The van der Waals surface area contributed by atoms with Gasteiger partial charge in [-0.3, -0.25) is 4.68 Å². The quantitative estimate of drug-likeness (QED) is 0.645. The molecule has 3 rings (SSSR count). The maximum atomic E-state index is 6.29. The molecule has 17 heavy (non-hydrogen) atoms. The summed E-state index contributed by atoms with van der Waals surface area (Å²) in [6, 6.07) is 6.16. The van der Waals surface area contributed by atoms with Crippen LogP contribution < -0.4 is 0 Å². The third-order valence-corrected chi connectivity index (χ3v) is 3.30. The van der Waals surface area contributed by atoms with E-state index in [4.69, 9.17) is 11.6 Å². The molecule has 0 spiro atoms. The largest absolute Gasteiger partial charge is 0.350 e. The van der Waals surface area contributed by atoms with Gasteiger partial charge in [0.05, 0.1) is 11.2 Å². The molecule has 0 aliphatic heterocycles. The van der Waals surface area contributed by atoms with Gasteiger partial charge in [-0.25, -0.2) is 0 Å². The van der Waals surface area contributed by atoms with Crippen LogP contribution in [-0.2, 0) is 14.1 Å². The minimum atomic E-state index is 0.780. The van der Waals surface area contributed by atoms with Crippen molar-refractivity contribution >= 4 is 22.5 Å². The fraction of sp³-hybridized carbons (Fsp3) is 0.154. The van der Waals surface area contributed by atoms with Gasteiger partial charge in [0.2, 0.25) is 0 Å². The van der Waals surface area contributed by atoms with Crippen molar-refractivity contribution in [1.29, 1.82) is 0 Å². The zero-order chi connectivity index (χ0) is 12.0. The summed E-state index contributed by atoms with van der Waals surface area (Å²) in [5.74, 6) is 0. The molecule has 3 nitrogen and oxygen atoms in total. The number of hydrogen-bond acceptors (Lipinski definition) is 1. The maximum absolute atomic E-state index is 6.29. The third-order valence-electron chi connectivity index (χ3n) is 2.99. The first kappa shape index (κ1) is 10.4. The van der Waals surface area contributed by atoms with Crippen LogP contribution in [0.5, 0.6) is 0 Å². The highest BCUT2D eigenvalue weighted by Crippen LogP contribution is 2.30. The molecule has 0 aliphatic carbocycles. The molecular formula is C13H12ClN3. The molecule has 3 aromatic rings. The van der Waals surface area contributed by atoms with Crippen molar-refractivity contribution < 1.29 is 0 Å². The van der Waals surface area contributed by atoms with Gasteiger partial charge in [0.1, 0.15) is 0 Å². The second-order valence-electron chi connectivity index (χ2n) is 4.22. The van der Waals surface area contributed by atoms with Gasteiger partial charge in [0.25, 0.3) is 0 Å². The Balaban J connectivity index is 2.27. The van der Waals surface area contributed by atoms with Crippen molar-refractivity contribution in [3.8, 4) is 11.1 Å². The summed E-state index contributed by atoms with van der Waals surface area (Å²) in [4.78, 5) is 0. The molecular weight excluding hydrogens is 234 g/mol. The molecule has 86 valence electrons. The van der Waals surface area contributed by atoms with E-state index in [0.29, 0.717) is 0 Å². The smallest absolute Gasteiger partial charge is 0.0568 e. The fourth-order valence-corrected chi connectivity index (χ4v) is 2.34. The standard InChI is InChI=1S/C13H12ClN3/c1-16-4-3-11-12(14)5-9(6-13(11)16)10-7-15-17(2)8-10/h3-8H,1-2H3. The molecule has 2 aromatic heterocycles. The van der Waals surface area contributed by atoms with E-state index >= 15 is 0 Å². The lowest BCUT2D eigenvalue weighted by Crippen LogP contribution is -1.86. The highest BCUT2D eigenvalue weighted by molar-refractivity contribution is 6.35. The first-order chi connectivity index (χ1) is 8.15. The van der Waals surface area contributed by atoms with Crippen molar-refractivity contribution in [1.82, 2.24) is 14.3 Å². The molecule has 0 bridgehead atoms. The van der Waals surface area contributed by atoms with E-state index in [9.17, 15) is 0 Å². The first-order valence-electron chi connectivity index (χ1n) is 5.39. The minimum Gasteiger partial charge on any atom is -0.350 e. The SMILES string of the molecule is Cn1cc(-c2cc(Cl)c3ccn(C)c3c2)cn1. The van der Waals surface area contributed by atoms with Crippen LogP contribution in [0.15, 0.2) is 36.8 Å². The van der Waals surface area contributed by atoms with Crippen LogP contribution in [0.4, 0.5) is 0 Å². The zero-order valence-corrected chi connectivity index (χ0v) is 10.4. The monoisotopic (exact) mass is 245 g/mol. The predicted molar refractivity (Wildman–Crippen MR) is 70.1 cm³/mol. The van der Waals surface area contributed by atoms with Crippen molar-refractivity contribution in [2.75, 3.05) is 0 Å². The average molecular weight is 246 g/mol. The summed E-state index contributed by atoms with van der Waals surface area (Å²) in [5, 5.41) is 6.04. The molecule has 0 radical (unpaired) electrons. The van der Waals surface area contributed by atoms with Gasteiger partial charge in [-0.05, 0) is 23.8 Å². The number of rotatable bonds is 1. The lowest BCUT2D eigenvalue weighted by molar-refractivity contribution is 0.768. The number of hydrogen-bond donors (Lipinski definition) is 0. The Bertz CT molecular complexity index is 694. The maximum Gasteiger partial charge on any atom is 0.0568 e. The summed E-state index contributed by atoms with van der Waals surface area (Å²) in [6.07, 6.45) is 5.85. The zero-order valence-electron chi connectivity index (χ0n) is 9.68.